The minimum atomic E-state index is -5.30. The van der Waals surface area contributed by atoms with E-state index in [1.54, 1.807) is 0 Å². The Hall–Kier alpha value is -2.41. The highest BCUT2D eigenvalue weighted by atomic mass is 19.4. The van der Waals surface area contributed by atoms with Crippen molar-refractivity contribution < 1.29 is 56.4 Å². The predicted octanol–water partition coefficient (Wildman–Crippen LogP) is -0.823. The highest BCUT2D eigenvalue weighted by molar-refractivity contribution is 5.82. The molecule has 0 bridgehead atoms. The molecule has 5 atom stereocenters. The number of carbonyl (C=O) groups is 4. The van der Waals surface area contributed by atoms with Crippen molar-refractivity contribution in [2.45, 2.75) is 57.6 Å². The molecule has 1 aliphatic heterocycles. The number of alkyl halides is 3. The number of esters is 3. The predicted molar refractivity (Wildman–Crippen MR) is 76.6 cm³/mol. The Balaban J connectivity index is 3.18. The summed E-state index contributed by atoms with van der Waals surface area (Å²) in [6.45, 7) is 2.36. The molecule has 10 nitrogen and oxygen atoms in total. The largest absolute Gasteiger partial charge is 0.471 e. The van der Waals surface area contributed by atoms with Gasteiger partial charge in [0, 0.05) is 20.8 Å². The third kappa shape index (κ3) is 6.67. The SMILES string of the molecule is CC(=O)OC[C@@H]1O[C@@H](O)[C@@H](NC(=O)C(F)(F)F)[C@@H](OC(C)=O)[C@H]1OC(C)=O. The van der Waals surface area contributed by atoms with Crippen LogP contribution < -0.4 is 5.32 Å². The van der Waals surface area contributed by atoms with Gasteiger partial charge in [0.1, 0.15) is 18.8 Å². The monoisotopic (exact) mass is 401 g/mol. The molecule has 2 N–H and O–H groups in total. The zero-order valence-corrected chi connectivity index (χ0v) is 14.4. The normalized spacial score (nSPS) is 28.0. The van der Waals surface area contributed by atoms with E-state index in [1.165, 1.54) is 5.32 Å². The second-order valence-electron chi connectivity index (χ2n) is 5.51. The summed E-state index contributed by atoms with van der Waals surface area (Å²) in [4.78, 5) is 44.9. The van der Waals surface area contributed by atoms with Crippen LogP contribution >= 0.6 is 0 Å². The van der Waals surface area contributed by atoms with Crippen LogP contribution in [0.4, 0.5) is 13.2 Å². The first kappa shape index (κ1) is 22.6. The first-order valence-corrected chi connectivity index (χ1v) is 7.52. The highest BCUT2D eigenvalue weighted by Crippen LogP contribution is 2.27. The number of halogens is 3. The fraction of sp³-hybridized carbons (Fsp3) is 0.714. The van der Waals surface area contributed by atoms with E-state index in [-0.39, 0.29) is 0 Å². The first-order chi connectivity index (χ1) is 12.3. The van der Waals surface area contributed by atoms with Gasteiger partial charge in [-0.1, -0.05) is 0 Å². The molecule has 0 aliphatic carbocycles. The van der Waals surface area contributed by atoms with E-state index < -0.39 is 67.2 Å². The zero-order valence-electron chi connectivity index (χ0n) is 14.4. The highest BCUT2D eigenvalue weighted by Gasteiger charge is 2.52. The average Bonchev–Trinajstić information content (AvgIpc) is 2.49. The van der Waals surface area contributed by atoms with E-state index in [4.69, 9.17) is 18.9 Å². The van der Waals surface area contributed by atoms with Crippen molar-refractivity contribution in [3.05, 3.63) is 0 Å². The topological polar surface area (TPSA) is 137 Å². The quantitative estimate of drug-likeness (QED) is 0.447. The van der Waals surface area contributed by atoms with Crippen molar-refractivity contribution in [1.82, 2.24) is 5.32 Å². The van der Waals surface area contributed by atoms with Gasteiger partial charge in [0.15, 0.2) is 18.5 Å². The van der Waals surface area contributed by atoms with Gasteiger partial charge in [-0.3, -0.25) is 19.2 Å². The van der Waals surface area contributed by atoms with Gasteiger partial charge in [-0.25, -0.2) is 0 Å². The minimum absolute atomic E-state index is 0.567. The Morgan fingerprint density at radius 1 is 1.00 bits per heavy atom. The molecule has 13 heteroatoms. The number of aliphatic hydroxyl groups excluding tert-OH is 1. The van der Waals surface area contributed by atoms with Gasteiger partial charge in [0.05, 0.1) is 0 Å². The Morgan fingerprint density at radius 3 is 1.96 bits per heavy atom. The Labute approximate surface area is 150 Å². The van der Waals surface area contributed by atoms with Crippen LogP contribution in [-0.4, -0.2) is 72.3 Å². The molecular weight excluding hydrogens is 383 g/mol. The lowest BCUT2D eigenvalue weighted by Gasteiger charge is -2.43. The molecule has 0 radical (unpaired) electrons. The third-order valence-corrected chi connectivity index (χ3v) is 3.28. The average molecular weight is 401 g/mol. The second-order valence-corrected chi connectivity index (χ2v) is 5.51. The maximum Gasteiger partial charge on any atom is 0.471 e. The summed E-state index contributed by atoms with van der Waals surface area (Å²) in [5.41, 5.74) is 0. The van der Waals surface area contributed by atoms with Gasteiger partial charge in [-0.05, 0) is 0 Å². The Morgan fingerprint density at radius 2 is 1.52 bits per heavy atom. The van der Waals surface area contributed by atoms with Crippen molar-refractivity contribution in [2.24, 2.45) is 0 Å². The van der Waals surface area contributed by atoms with Crippen molar-refractivity contribution >= 4 is 23.8 Å². The number of amides is 1. The minimum Gasteiger partial charge on any atom is -0.463 e. The maximum atomic E-state index is 12.5. The fourth-order valence-corrected chi connectivity index (χ4v) is 2.31. The van der Waals surface area contributed by atoms with Gasteiger partial charge < -0.3 is 29.4 Å². The molecule has 154 valence electrons. The van der Waals surface area contributed by atoms with Crippen LogP contribution in [0.5, 0.6) is 0 Å². The second kappa shape index (κ2) is 8.99. The molecule has 1 aliphatic rings. The third-order valence-electron chi connectivity index (χ3n) is 3.28. The molecule has 0 aromatic rings. The number of carbonyl (C=O) groups excluding carboxylic acids is 4. The van der Waals surface area contributed by atoms with Crippen LogP contribution in [-0.2, 0) is 38.1 Å². The molecule has 0 aromatic carbocycles. The van der Waals surface area contributed by atoms with Gasteiger partial charge in [-0.2, -0.15) is 13.2 Å². The van der Waals surface area contributed by atoms with Crippen LogP contribution in [0.3, 0.4) is 0 Å². The van der Waals surface area contributed by atoms with Crippen LogP contribution in [0.25, 0.3) is 0 Å². The molecule has 0 spiro atoms. The number of hydrogen-bond donors (Lipinski definition) is 2. The van der Waals surface area contributed by atoms with E-state index in [0.717, 1.165) is 20.8 Å². The van der Waals surface area contributed by atoms with Crippen molar-refractivity contribution in [1.29, 1.82) is 0 Å². The lowest BCUT2D eigenvalue weighted by atomic mass is 9.96. The van der Waals surface area contributed by atoms with Crippen LogP contribution in [0.15, 0.2) is 0 Å². The van der Waals surface area contributed by atoms with E-state index in [9.17, 15) is 37.5 Å². The van der Waals surface area contributed by atoms with E-state index in [1.807, 2.05) is 0 Å². The number of aliphatic hydroxyl groups is 1. The summed E-state index contributed by atoms with van der Waals surface area (Å²) in [5, 5.41) is 11.4. The number of ether oxygens (including phenoxy) is 4. The Kier molecular flexibility index (Phi) is 7.54. The van der Waals surface area contributed by atoms with E-state index in [0.29, 0.717) is 0 Å². The Bertz CT molecular complexity index is 595. The van der Waals surface area contributed by atoms with Gasteiger partial charge >= 0.3 is 30.0 Å². The molecule has 1 rings (SSSR count). The fourth-order valence-electron chi connectivity index (χ4n) is 2.31. The summed E-state index contributed by atoms with van der Waals surface area (Å²) >= 11 is 0. The molecule has 1 saturated heterocycles. The van der Waals surface area contributed by atoms with Crippen molar-refractivity contribution in [3.8, 4) is 0 Å². The standard InChI is InChI=1S/C14H18F3NO9/c1-5(19)24-4-8-10(25-6(2)20)11(26-7(3)21)9(12(22)27-8)18-13(23)14(15,16)17/h8-12,22H,4H2,1-3H3,(H,18,23)/t8-,9-,10-,11+,12+/m0/s1. The lowest BCUT2D eigenvalue weighted by Crippen LogP contribution is -2.67. The van der Waals surface area contributed by atoms with Gasteiger partial charge in [0.2, 0.25) is 0 Å². The molecule has 0 saturated carbocycles. The van der Waals surface area contributed by atoms with Crippen LogP contribution in [0.2, 0.25) is 0 Å². The molecule has 0 aromatic heterocycles. The van der Waals surface area contributed by atoms with Gasteiger partial charge in [0.25, 0.3) is 0 Å². The smallest absolute Gasteiger partial charge is 0.463 e. The maximum absolute atomic E-state index is 12.5. The van der Waals surface area contributed by atoms with Crippen LogP contribution in [0.1, 0.15) is 20.8 Å². The number of hydrogen-bond acceptors (Lipinski definition) is 9. The van der Waals surface area contributed by atoms with Crippen LogP contribution in [0, 0.1) is 0 Å². The summed E-state index contributed by atoms with van der Waals surface area (Å²) in [6.07, 6.45) is -12.1. The van der Waals surface area contributed by atoms with E-state index in [2.05, 4.69) is 0 Å². The van der Waals surface area contributed by atoms with E-state index >= 15 is 0 Å². The number of nitrogens with one attached hydrogen (secondary N) is 1. The molecular formula is C14H18F3NO9. The molecule has 1 fully saturated rings. The number of rotatable bonds is 5. The molecule has 1 heterocycles. The molecule has 0 unspecified atom stereocenters. The summed E-state index contributed by atoms with van der Waals surface area (Å²) in [6, 6.07) is -1.92. The lowest BCUT2D eigenvalue weighted by molar-refractivity contribution is -0.266. The first-order valence-electron chi connectivity index (χ1n) is 7.52. The van der Waals surface area contributed by atoms with Crippen molar-refractivity contribution in [3.63, 3.8) is 0 Å². The summed E-state index contributed by atoms with van der Waals surface area (Å²) in [7, 11) is 0. The van der Waals surface area contributed by atoms with Gasteiger partial charge in [-0.15, -0.1) is 0 Å². The summed E-state index contributed by atoms with van der Waals surface area (Å²) in [5.74, 6) is -5.12. The zero-order chi connectivity index (χ0) is 20.9. The van der Waals surface area contributed by atoms with Crippen molar-refractivity contribution in [2.75, 3.05) is 6.61 Å². The molecule has 1 amide bonds. The molecule has 27 heavy (non-hydrogen) atoms. The summed E-state index contributed by atoms with van der Waals surface area (Å²) < 4.78 is 57.1.